The number of nitrogens with zero attached hydrogens (tertiary/aromatic N) is 2. The van der Waals surface area contributed by atoms with Crippen molar-refractivity contribution in [1.29, 1.82) is 0 Å². The highest BCUT2D eigenvalue weighted by Gasteiger charge is 2.29. The van der Waals surface area contributed by atoms with Crippen LogP contribution in [0.3, 0.4) is 0 Å². The average Bonchev–Trinajstić information content (AvgIpc) is 3.23. The molecule has 1 fully saturated rings. The number of rotatable bonds is 3. The molecule has 1 aliphatic heterocycles. The van der Waals surface area contributed by atoms with Crippen LogP contribution in [0.1, 0.15) is 13.3 Å². The normalized spacial score (nSPS) is 17.7. The van der Waals surface area contributed by atoms with E-state index >= 15 is 4.39 Å². The Kier molecular flexibility index (Phi) is 4.07. The first-order valence-corrected chi connectivity index (χ1v) is 9.30. The van der Waals surface area contributed by atoms with E-state index in [9.17, 15) is 14.0 Å². The van der Waals surface area contributed by atoms with Crippen molar-refractivity contribution < 1.29 is 8.78 Å². The summed E-state index contributed by atoms with van der Waals surface area (Å²) < 4.78 is 34.2. The Labute approximate surface area is 151 Å². The van der Waals surface area contributed by atoms with Gasteiger partial charge in [-0.25, -0.2) is 8.78 Å². The lowest BCUT2D eigenvalue weighted by Gasteiger charge is -2.22. The second kappa shape index (κ2) is 6.17. The molecule has 138 valence electrons. The zero-order chi connectivity index (χ0) is 18.6. The molecule has 9 heteroatoms. The minimum atomic E-state index is -0.793. The van der Waals surface area contributed by atoms with Crippen LogP contribution in [-0.4, -0.2) is 28.6 Å². The molecule has 0 aliphatic carbocycles. The molecule has 26 heavy (non-hydrogen) atoms. The fraction of sp³-hybridized carbons (Fsp3) is 0.412. The Bertz CT molecular complexity index is 1130. The molecule has 0 amide bonds. The number of aryl methyl sites for hydroxylation is 1. The van der Waals surface area contributed by atoms with Crippen molar-refractivity contribution >= 4 is 38.3 Å². The first kappa shape index (κ1) is 17.2. The first-order chi connectivity index (χ1) is 12.5. The van der Waals surface area contributed by atoms with E-state index in [1.54, 1.807) is 16.4 Å². The lowest BCUT2D eigenvalue weighted by atomic mass is 10.1. The van der Waals surface area contributed by atoms with Gasteiger partial charge in [-0.3, -0.25) is 14.0 Å². The highest BCUT2D eigenvalue weighted by atomic mass is 32.1. The van der Waals surface area contributed by atoms with E-state index in [2.05, 4.69) is 4.37 Å². The van der Waals surface area contributed by atoms with Gasteiger partial charge in [-0.2, -0.15) is 0 Å². The fourth-order valence-electron chi connectivity index (χ4n) is 3.78. The van der Waals surface area contributed by atoms with Crippen LogP contribution in [0, 0.1) is 17.6 Å². The van der Waals surface area contributed by atoms with Gasteiger partial charge in [0.05, 0.1) is 10.9 Å². The summed E-state index contributed by atoms with van der Waals surface area (Å²) in [5, 5.41) is -0.170. The molecule has 0 spiro atoms. The van der Waals surface area contributed by atoms with Gasteiger partial charge in [0.25, 0.3) is 5.56 Å². The van der Waals surface area contributed by atoms with Crippen LogP contribution in [0.25, 0.3) is 21.1 Å². The van der Waals surface area contributed by atoms with Crippen LogP contribution in [-0.2, 0) is 6.54 Å². The summed E-state index contributed by atoms with van der Waals surface area (Å²) in [5.41, 5.74) is 4.41. The maximum atomic E-state index is 15.4. The number of anilines is 1. The molecule has 6 nitrogen and oxygen atoms in total. The van der Waals surface area contributed by atoms with E-state index in [0.717, 1.165) is 24.0 Å². The van der Waals surface area contributed by atoms with Crippen LogP contribution in [0.4, 0.5) is 14.5 Å². The number of nitrogens with one attached hydrogen (secondary N) is 1. The van der Waals surface area contributed by atoms with E-state index in [1.807, 2.05) is 0 Å². The third-order valence-corrected chi connectivity index (χ3v) is 5.99. The number of aromatic nitrogens is 2. The maximum Gasteiger partial charge on any atom is 0.271 e. The van der Waals surface area contributed by atoms with Crippen LogP contribution in [0.2, 0.25) is 0 Å². The fourth-order valence-corrected chi connectivity index (χ4v) is 4.69. The van der Waals surface area contributed by atoms with Crippen molar-refractivity contribution in [3.05, 3.63) is 38.3 Å². The summed E-state index contributed by atoms with van der Waals surface area (Å²) in [6.07, 6.45) is 0.770. The molecule has 2 aromatic heterocycles. The molecule has 0 saturated carbocycles. The summed E-state index contributed by atoms with van der Waals surface area (Å²) in [7, 11) is 0. The molecular weight excluding hydrogens is 362 g/mol. The largest absolute Gasteiger partial charge is 0.366 e. The molecule has 3 N–H and O–H groups in total. The second-order valence-electron chi connectivity index (χ2n) is 6.54. The summed E-state index contributed by atoms with van der Waals surface area (Å²) in [4.78, 5) is 26.7. The third-order valence-electron chi connectivity index (χ3n) is 5.09. The lowest BCUT2D eigenvalue weighted by Crippen LogP contribution is -2.25. The predicted octanol–water partition coefficient (Wildman–Crippen LogP) is 1.99. The van der Waals surface area contributed by atoms with Crippen LogP contribution < -0.4 is 21.6 Å². The molecule has 0 bridgehead atoms. The molecule has 3 aromatic rings. The van der Waals surface area contributed by atoms with Crippen molar-refractivity contribution in [2.24, 2.45) is 11.7 Å². The quantitative estimate of drug-likeness (QED) is 0.728. The van der Waals surface area contributed by atoms with Gasteiger partial charge >= 0.3 is 0 Å². The Hall–Kier alpha value is -2.26. The number of fused-ring (bicyclic) bond motifs is 2. The average molecular weight is 380 g/mol. The van der Waals surface area contributed by atoms with E-state index in [-0.39, 0.29) is 27.9 Å². The molecule has 0 radical (unpaired) electrons. The van der Waals surface area contributed by atoms with Crippen LogP contribution >= 0.6 is 11.5 Å². The standard InChI is InChI=1S/C17H18F2N4O2S/c1-2-23-13-9(15(24)11-16(25)21-26-17(11)23)5-10(18)14(12(13)19)22-4-3-8(6-20)7-22/h5,8H,2-4,6-7,20H2,1H3,(H,21,25). The summed E-state index contributed by atoms with van der Waals surface area (Å²) in [5.74, 6) is -1.37. The van der Waals surface area contributed by atoms with Gasteiger partial charge in [0.15, 0.2) is 5.82 Å². The van der Waals surface area contributed by atoms with Crippen molar-refractivity contribution in [2.75, 3.05) is 24.5 Å². The number of hydrogen-bond acceptors (Lipinski definition) is 5. The van der Waals surface area contributed by atoms with Crippen molar-refractivity contribution in [2.45, 2.75) is 19.9 Å². The smallest absolute Gasteiger partial charge is 0.271 e. The molecule has 3 heterocycles. The van der Waals surface area contributed by atoms with E-state index in [0.29, 0.717) is 31.0 Å². The highest BCUT2D eigenvalue weighted by Crippen LogP contribution is 2.34. The molecule has 1 unspecified atom stereocenters. The topological polar surface area (TPSA) is 84.1 Å². The number of aromatic amines is 1. The van der Waals surface area contributed by atoms with E-state index in [1.165, 1.54) is 0 Å². The Balaban J connectivity index is 2.08. The summed E-state index contributed by atoms with van der Waals surface area (Å²) >= 11 is 0.984. The first-order valence-electron chi connectivity index (χ1n) is 8.48. The van der Waals surface area contributed by atoms with Gasteiger partial charge in [-0.1, -0.05) is 0 Å². The second-order valence-corrected chi connectivity index (χ2v) is 7.34. The highest BCUT2D eigenvalue weighted by molar-refractivity contribution is 7.12. The zero-order valence-electron chi connectivity index (χ0n) is 14.1. The lowest BCUT2D eigenvalue weighted by molar-refractivity contribution is 0.573. The van der Waals surface area contributed by atoms with E-state index < -0.39 is 22.6 Å². The Morgan fingerprint density at radius 3 is 2.81 bits per heavy atom. The number of benzene rings is 1. The Morgan fingerprint density at radius 2 is 2.15 bits per heavy atom. The summed E-state index contributed by atoms with van der Waals surface area (Å²) in [6, 6.07) is 1.05. The van der Waals surface area contributed by atoms with Crippen molar-refractivity contribution in [3.8, 4) is 0 Å². The zero-order valence-corrected chi connectivity index (χ0v) is 15.0. The molecule has 1 saturated heterocycles. The Morgan fingerprint density at radius 1 is 1.38 bits per heavy atom. The van der Waals surface area contributed by atoms with Gasteiger partial charge in [0, 0.05) is 19.6 Å². The van der Waals surface area contributed by atoms with Crippen LogP contribution in [0.15, 0.2) is 15.7 Å². The van der Waals surface area contributed by atoms with Gasteiger partial charge in [-0.05, 0) is 43.4 Å². The molecule has 1 atom stereocenters. The minimum absolute atomic E-state index is 0.0350. The van der Waals surface area contributed by atoms with E-state index in [4.69, 9.17) is 5.73 Å². The van der Waals surface area contributed by atoms with Crippen LogP contribution in [0.5, 0.6) is 0 Å². The number of halogens is 2. The van der Waals surface area contributed by atoms with Gasteiger partial charge in [-0.15, -0.1) is 0 Å². The summed E-state index contributed by atoms with van der Waals surface area (Å²) in [6.45, 7) is 3.58. The number of hydrogen-bond donors (Lipinski definition) is 2. The number of pyridine rings is 1. The minimum Gasteiger partial charge on any atom is -0.366 e. The van der Waals surface area contributed by atoms with Crippen molar-refractivity contribution in [3.63, 3.8) is 0 Å². The number of H-pyrrole nitrogens is 1. The van der Waals surface area contributed by atoms with Crippen molar-refractivity contribution in [1.82, 2.24) is 8.94 Å². The predicted molar refractivity (Wildman–Crippen MR) is 99.2 cm³/mol. The molecular formula is C17H18F2N4O2S. The monoisotopic (exact) mass is 380 g/mol. The molecule has 1 aromatic carbocycles. The SMILES string of the molecule is CCn1c2s[nH]c(=O)c2c(=O)c2cc(F)c(N3CCC(CN)C3)c(F)c21. The third kappa shape index (κ3) is 2.30. The maximum absolute atomic E-state index is 15.4. The molecule has 1 aliphatic rings. The number of nitrogens with two attached hydrogens (primary N) is 1. The van der Waals surface area contributed by atoms with Gasteiger partial charge in [0.1, 0.15) is 21.7 Å². The van der Waals surface area contributed by atoms with Gasteiger partial charge < -0.3 is 15.2 Å². The molecule has 4 rings (SSSR count). The van der Waals surface area contributed by atoms with Gasteiger partial charge in [0.2, 0.25) is 5.43 Å².